The fraction of sp³-hybridized carbons (Fsp3) is 1.00. The first kappa shape index (κ1) is 13.9. The van der Waals surface area contributed by atoms with Gasteiger partial charge in [0.2, 0.25) is 0 Å². The van der Waals surface area contributed by atoms with Gasteiger partial charge in [0.1, 0.15) is 0 Å². The summed E-state index contributed by atoms with van der Waals surface area (Å²) in [6, 6.07) is 0.253. The molecule has 2 N–H and O–H groups in total. The van der Waals surface area contributed by atoms with E-state index in [2.05, 4.69) is 26.1 Å². The van der Waals surface area contributed by atoms with Crippen LogP contribution in [0.15, 0.2) is 0 Å². The third kappa shape index (κ3) is 4.40. The van der Waals surface area contributed by atoms with Gasteiger partial charge in [0, 0.05) is 18.7 Å². The first-order valence-corrected chi connectivity index (χ1v) is 5.40. The lowest BCUT2D eigenvalue weighted by Gasteiger charge is -2.34. The van der Waals surface area contributed by atoms with Crippen molar-refractivity contribution in [3.05, 3.63) is 0 Å². The number of methoxy groups -OCH3 is 1. The molecule has 3 heteroatoms. The zero-order valence-corrected chi connectivity index (χ0v) is 10.1. The molecular formula is C11H25NO2. The summed E-state index contributed by atoms with van der Waals surface area (Å²) in [6.07, 6.45) is 2.21. The number of aliphatic hydroxyl groups is 1. The molecule has 0 aliphatic rings. The van der Waals surface area contributed by atoms with Gasteiger partial charge in [-0.3, -0.25) is 0 Å². The van der Waals surface area contributed by atoms with E-state index in [1.54, 1.807) is 7.11 Å². The van der Waals surface area contributed by atoms with Gasteiger partial charge in [0.25, 0.3) is 0 Å². The molecule has 86 valence electrons. The highest BCUT2D eigenvalue weighted by atomic mass is 16.5. The molecule has 14 heavy (non-hydrogen) atoms. The lowest BCUT2D eigenvalue weighted by molar-refractivity contribution is 0.0624. The Kier molecular flexibility index (Phi) is 6.33. The molecule has 0 aliphatic carbocycles. The number of aliphatic hydroxyl groups excluding tert-OH is 1. The summed E-state index contributed by atoms with van der Waals surface area (Å²) in [5.41, 5.74) is -0.180. The van der Waals surface area contributed by atoms with E-state index in [1.807, 2.05) is 6.92 Å². The van der Waals surface area contributed by atoms with Crippen molar-refractivity contribution >= 4 is 0 Å². The Morgan fingerprint density at radius 3 is 2.36 bits per heavy atom. The molecule has 0 saturated carbocycles. The maximum atomic E-state index is 9.32. The molecule has 0 fully saturated rings. The van der Waals surface area contributed by atoms with Gasteiger partial charge >= 0.3 is 0 Å². The standard InChI is InChI=1S/C11H25NO2/c1-6-7-11(4,8-13)12-9(2)10(3)14-5/h9-10,12-13H,6-8H2,1-5H3. The van der Waals surface area contributed by atoms with Crippen LogP contribution in [0.4, 0.5) is 0 Å². The van der Waals surface area contributed by atoms with Crippen molar-refractivity contribution < 1.29 is 9.84 Å². The van der Waals surface area contributed by atoms with Crippen LogP contribution in [-0.4, -0.2) is 36.5 Å². The molecule has 3 unspecified atom stereocenters. The highest BCUT2D eigenvalue weighted by Gasteiger charge is 2.25. The Labute approximate surface area is 87.8 Å². The Balaban J connectivity index is 4.15. The van der Waals surface area contributed by atoms with E-state index in [-0.39, 0.29) is 24.3 Å². The van der Waals surface area contributed by atoms with Crippen molar-refractivity contribution in [2.45, 2.75) is 58.2 Å². The SMILES string of the molecule is CCCC(C)(CO)NC(C)C(C)OC. The third-order valence-corrected chi connectivity index (χ3v) is 2.80. The molecule has 0 bridgehead atoms. The van der Waals surface area contributed by atoms with Gasteiger partial charge in [-0.15, -0.1) is 0 Å². The van der Waals surface area contributed by atoms with Crippen LogP contribution in [0.25, 0.3) is 0 Å². The Morgan fingerprint density at radius 2 is 2.00 bits per heavy atom. The molecular weight excluding hydrogens is 178 g/mol. The second-order valence-electron chi connectivity index (χ2n) is 4.34. The first-order chi connectivity index (χ1) is 6.49. The van der Waals surface area contributed by atoms with Gasteiger partial charge in [0.05, 0.1) is 12.7 Å². The van der Waals surface area contributed by atoms with Crippen molar-refractivity contribution in [2.75, 3.05) is 13.7 Å². The summed E-state index contributed by atoms with van der Waals surface area (Å²) >= 11 is 0. The summed E-state index contributed by atoms with van der Waals surface area (Å²) in [7, 11) is 1.71. The lowest BCUT2D eigenvalue weighted by Crippen LogP contribution is -2.53. The molecule has 0 saturated heterocycles. The Morgan fingerprint density at radius 1 is 1.43 bits per heavy atom. The molecule has 0 rings (SSSR count). The maximum Gasteiger partial charge on any atom is 0.0693 e. The minimum absolute atomic E-state index is 0.165. The molecule has 0 aromatic carbocycles. The summed E-state index contributed by atoms with van der Waals surface area (Å²) in [5.74, 6) is 0. The zero-order chi connectivity index (χ0) is 11.2. The minimum atomic E-state index is -0.180. The van der Waals surface area contributed by atoms with E-state index < -0.39 is 0 Å². The van der Waals surface area contributed by atoms with E-state index in [1.165, 1.54) is 0 Å². The molecule has 3 atom stereocenters. The quantitative estimate of drug-likeness (QED) is 0.659. The van der Waals surface area contributed by atoms with Gasteiger partial charge in [0.15, 0.2) is 0 Å². The molecule has 0 amide bonds. The Bertz CT molecular complexity index is 152. The van der Waals surface area contributed by atoms with Crippen molar-refractivity contribution in [1.82, 2.24) is 5.32 Å². The lowest BCUT2D eigenvalue weighted by atomic mass is 9.95. The monoisotopic (exact) mass is 203 g/mol. The molecule has 0 aliphatic heterocycles. The highest BCUT2D eigenvalue weighted by molar-refractivity contribution is 4.86. The molecule has 0 aromatic heterocycles. The van der Waals surface area contributed by atoms with Gasteiger partial charge in [-0.1, -0.05) is 13.3 Å². The van der Waals surface area contributed by atoms with E-state index in [0.29, 0.717) is 0 Å². The predicted molar refractivity (Wildman–Crippen MR) is 59.5 cm³/mol. The molecule has 0 spiro atoms. The topological polar surface area (TPSA) is 41.5 Å². The number of ether oxygens (including phenoxy) is 1. The van der Waals surface area contributed by atoms with E-state index in [0.717, 1.165) is 12.8 Å². The average molecular weight is 203 g/mol. The summed E-state index contributed by atoms with van der Waals surface area (Å²) in [4.78, 5) is 0. The van der Waals surface area contributed by atoms with Crippen molar-refractivity contribution in [2.24, 2.45) is 0 Å². The van der Waals surface area contributed by atoms with E-state index in [4.69, 9.17) is 4.74 Å². The summed E-state index contributed by atoms with van der Waals surface area (Å²) in [6.45, 7) is 8.45. The zero-order valence-electron chi connectivity index (χ0n) is 10.1. The van der Waals surface area contributed by atoms with Gasteiger partial charge in [-0.2, -0.15) is 0 Å². The number of rotatable bonds is 7. The molecule has 3 nitrogen and oxygen atoms in total. The number of hydrogen-bond acceptors (Lipinski definition) is 3. The average Bonchev–Trinajstić information content (AvgIpc) is 2.16. The van der Waals surface area contributed by atoms with Crippen molar-refractivity contribution in [3.63, 3.8) is 0 Å². The van der Waals surface area contributed by atoms with Crippen LogP contribution in [0.3, 0.4) is 0 Å². The van der Waals surface area contributed by atoms with Crippen LogP contribution in [0.5, 0.6) is 0 Å². The molecule has 0 radical (unpaired) electrons. The van der Waals surface area contributed by atoms with Gasteiger partial charge < -0.3 is 15.2 Å². The summed E-state index contributed by atoms with van der Waals surface area (Å²) < 4.78 is 5.24. The number of hydrogen-bond donors (Lipinski definition) is 2. The fourth-order valence-electron chi connectivity index (χ4n) is 1.62. The smallest absolute Gasteiger partial charge is 0.0693 e. The maximum absolute atomic E-state index is 9.32. The van der Waals surface area contributed by atoms with Gasteiger partial charge in [-0.05, 0) is 27.2 Å². The van der Waals surface area contributed by atoms with Crippen LogP contribution in [0, 0.1) is 0 Å². The van der Waals surface area contributed by atoms with Crippen LogP contribution < -0.4 is 5.32 Å². The fourth-order valence-corrected chi connectivity index (χ4v) is 1.62. The minimum Gasteiger partial charge on any atom is -0.394 e. The second-order valence-corrected chi connectivity index (χ2v) is 4.34. The highest BCUT2D eigenvalue weighted by Crippen LogP contribution is 2.13. The third-order valence-electron chi connectivity index (χ3n) is 2.80. The van der Waals surface area contributed by atoms with E-state index >= 15 is 0 Å². The molecule has 0 heterocycles. The predicted octanol–water partition coefficient (Wildman–Crippen LogP) is 1.55. The van der Waals surface area contributed by atoms with Crippen molar-refractivity contribution in [3.8, 4) is 0 Å². The molecule has 0 aromatic rings. The van der Waals surface area contributed by atoms with Crippen molar-refractivity contribution in [1.29, 1.82) is 0 Å². The second kappa shape index (κ2) is 6.38. The normalized spacial score (nSPS) is 20.1. The number of nitrogens with one attached hydrogen (secondary N) is 1. The summed E-state index contributed by atoms with van der Waals surface area (Å²) in [5, 5.41) is 12.7. The first-order valence-electron chi connectivity index (χ1n) is 5.40. The van der Waals surface area contributed by atoms with Crippen LogP contribution in [0.2, 0.25) is 0 Å². The van der Waals surface area contributed by atoms with Gasteiger partial charge in [-0.25, -0.2) is 0 Å². The van der Waals surface area contributed by atoms with Crippen LogP contribution >= 0.6 is 0 Å². The van der Waals surface area contributed by atoms with Crippen LogP contribution in [-0.2, 0) is 4.74 Å². The van der Waals surface area contributed by atoms with E-state index in [9.17, 15) is 5.11 Å². The largest absolute Gasteiger partial charge is 0.394 e. The Hall–Kier alpha value is -0.120. The van der Waals surface area contributed by atoms with Crippen LogP contribution in [0.1, 0.15) is 40.5 Å².